The molecular formula is C34H54FN5O3. The summed E-state index contributed by atoms with van der Waals surface area (Å²) >= 11 is 0. The number of piperidine rings is 1. The fraction of sp³-hybridized carbons (Fsp3) is 0.735. The van der Waals surface area contributed by atoms with Gasteiger partial charge in [-0.1, -0.05) is 45.2 Å². The van der Waals surface area contributed by atoms with E-state index in [-0.39, 0.29) is 41.5 Å². The van der Waals surface area contributed by atoms with Crippen LogP contribution in [-0.4, -0.2) is 84.4 Å². The Morgan fingerprint density at radius 3 is 2.23 bits per heavy atom. The molecule has 1 aliphatic carbocycles. The SMILES string of the molecule is CC(C)C1CN(C)C[C@@H](C(=O)N[C@H](Cc2ccc(F)cc2)C(=O)N2CCC(C(=O)NC(C)(C)C)(C3CCCCC3)CC2)N1. The van der Waals surface area contributed by atoms with Crippen molar-refractivity contribution < 1.29 is 18.8 Å². The van der Waals surface area contributed by atoms with Gasteiger partial charge in [0.1, 0.15) is 11.9 Å². The van der Waals surface area contributed by atoms with E-state index in [9.17, 15) is 18.8 Å². The Morgan fingerprint density at radius 1 is 1.02 bits per heavy atom. The molecule has 2 heterocycles. The molecule has 3 amide bonds. The van der Waals surface area contributed by atoms with Gasteiger partial charge in [0.2, 0.25) is 17.7 Å². The number of nitrogens with one attached hydrogen (secondary N) is 3. The summed E-state index contributed by atoms with van der Waals surface area (Å²) in [7, 11) is 2.01. The van der Waals surface area contributed by atoms with Crippen molar-refractivity contribution in [3.63, 3.8) is 0 Å². The van der Waals surface area contributed by atoms with Crippen molar-refractivity contribution in [2.75, 3.05) is 33.2 Å². The number of likely N-dealkylation sites (tertiary alicyclic amines) is 1. The number of carbonyl (C=O) groups excluding carboxylic acids is 3. The van der Waals surface area contributed by atoms with E-state index < -0.39 is 17.5 Å². The van der Waals surface area contributed by atoms with Crippen LogP contribution in [0.4, 0.5) is 4.39 Å². The molecule has 1 aromatic rings. The molecule has 9 heteroatoms. The highest BCUT2D eigenvalue weighted by atomic mass is 19.1. The van der Waals surface area contributed by atoms with Gasteiger partial charge in [-0.25, -0.2) is 4.39 Å². The highest BCUT2D eigenvalue weighted by Crippen LogP contribution is 2.46. The van der Waals surface area contributed by atoms with Crippen molar-refractivity contribution in [1.29, 1.82) is 0 Å². The number of carbonyl (C=O) groups is 3. The monoisotopic (exact) mass is 599 g/mol. The van der Waals surface area contributed by atoms with Gasteiger partial charge >= 0.3 is 0 Å². The molecule has 0 bridgehead atoms. The zero-order valence-electron chi connectivity index (χ0n) is 27.2. The molecule has 8 nitrogen and oxygen atoms in total. The molecule has 0 aromatic heterocycles. The third-order valence-corrected chi connectivity index (χ3v) is 9.80. The smallest absolute Gasteiger partial charge is 0.245 e. The van der Waals surface area contributed by atoms with Gasteiger partial charge in [-0.3, -0.25) is 14.4 Å². The Balaban J connectivity index is 1.51. The lowest BCUT2D eigenvalue weighted by Crippen LogP contribution is -2.64. The standard InChI is InChI=1S/C34H54FN5O3/c1-23(2)28-21-39(6)22-29(36-28)30(41)37-27(20-24-12-14-26(35)15-13-24)31(42)40-18-16-34(17-19-40,25-10-8-7-9-11-25)32(43)38-33(3,4)5/h12-15,23,25,27-29,36H,7-11,16-22H2,1-6H3,(H,37,41)(H,38,43)/t27-,28?,29+/m1/s1. The Morgan fingerprint density at radius 2 is 1.65 bits per heavy atom. The van der Waals surface area contributed by atoms with Gasteiger partial charge in [-0.2, -0.15) is 0 Å². The summed E-state index contributed by atoms with van der Waals surface area (Å²) in [6, 6.07) is 5.07. The molecule has 240 valence electrons. The summed E-state index contributed by atoms with van der Waals surface area (Å²) < 4.78 is 13.7. The van der Waals surface area contributed by atoms with Gasteiger partial charge in [-0.05, 0) is 83.0 Å². The average molecular weight is 600 g/mol. The van der Waals surface area contributed by atoms with Crippen molar-refractivity contribution in [3.05, 3.63) is 35.6 Å². The number of hydrogen-bond acceptors (Lipinski definition) is 5. The van der Waals surface area contributed by atoms with E-state index in [4.69, 9.17) is 0 Å². The average Bonchev–Trinajstić information content (AvgIpc) is 2.96. The minimum atomic E-state index is -0.782. The molecule has 4 rings (SSSR count). The van der Waals surface area contributed by atoms with Crippen LogP contribution in [0.15, 0.2) is 24.3 Å². The Hall–Kier alpha value is -2.52. The molecule has 1 saturated carbocycles. The van der Waals surface area contributed by atoms with Gasteiger partial charge in [0.05, 0.1) is 11.5 Å². The first-order chi connectivity index (χ1) is 20.3. The number of rotatable bonds is 8. The van der Waals surface area contributed by atoms with Crippen LogP contribution in [0.2, 0.25) is 0 Å². The van der Waals surface area contributed by atoms with E-state index in [0.29, 0.717) is 44.3 Å². The van der Waals surface area contributed by atoms with E-state index in [1.165, 1.54) is 18.6 Å². The largest absolute Gasteiger partial charge is 0.351 e. The van der Waals surface area contributed by atoms with E-state index in [2.05, 4.69) is 34.7 Å². The van der Waals surface area contributed by atoms with Crippen molar-refractivity contribution in [2.45, 2.75) is 110 Å². The summed E-state index contributed by atoms with van der Waals surface area (Å²) in [5.74, 6) is 0.115. The number of hydrogen-bond donors (Lipinski definition) is 3. The first-order valence-corrected chi connectivity index (χ1v) is 16.4. The van der Waals surface area contributed by atoms with E-state index in [1.54, 1.807) is 12.1 Å². The molecule has 1 unspecified atom stereocenters. The van der Waals surface area contributed by atoms with Gasteiger partial charge in [0, 0.05) is 44.2 Å². The highest BCUT2D eigenvalue weighted by molar-refractivity contribution is 5.90. The number of likely N-dealkylation sites (N-methyl/N-ethyl adjacent to an activating group) is 1. The maximum absolute atomic E-state index is 14.1. The normalized spacial score (nSPS) is 24.4. The summed E-state index contributed by atoms with van der Waals surface area (Å²) in [5.41, 5.74) is -0.0266. The van der Waals surface area contributed by atoms with E-state index in [0.717, 1.165) is 37.8 Å². The van der Waals surface area contributed by atoms with Crippen LogP contribution >= 0.6 is 0 Å². The molecule has 1 aromatic carbocycles. The minimum absolute atomic E-state index is 0.113. The molecule has 3 atom stereocenters. The molecular weight excluding hydrogens is 545 g/mol. The number of piperazine rings is 1. The lowest BCUT2D eigenvalue weighted by atomic mass is 9.63. The maximum atomic E-state index is 14.1. The van der Waals surface area contributed by atoms with Crippen LogP contribution in [0, 0.1) is 23.1 Å². The van der Waals surface area contributed by atoms with Crippen LogP contribution in [0.3, 0.4) is 0 Å². The van der Waals surface area contributed by atoms with Crippen LogP contribution < -0.4 is 16.0 Å². The highest BCUT2D eigenvalue weighted by Gasteiger charge is 2.49. The second-order valence-corrected chi connectivity index (χ2v) is 14.7. The zero-order chi connectivity index (χ0) is 31.4. The van der Waals surface area contributed by atoms with Crippen LogP contribution in [0.5, 0.6) is 0 Å². The van der Waals surface area contributed by atoms with Crippen molar-refractivity contribution in [2.24, 2.45) is 17.3 Å². The van der Waals surface area contributed by atoms with Crippen molar-refractivity contribution in [3.8, 4) is 0 Å². The molecule has 2 aliphatic heterocycles. The van der Waals surface area contributed by atoms with E-state index in [1.807, 2.05) is 32.7 Å². The summed E-state index contributed by atoms with van der Waals surface area (Å²) in [5, 5.41) is 9.82. The molecule has 43 heavy (non-hydrogen) atoms. The van der Waals surface area contributed by atoms with Crippen molar-refractivity contribution >= 4 is 17.7 Å². The molecule has 3 fully saturated rings. The van der Waals surface area contributed by atoms with Crippen LogP contribution in [0.1, 0.15) is 85.1 Å². The lowest BCUT2D eigenvalue weighted by molar-refractivity contribution is -0.147. The third-order valence-electron chi connectivity index (χ3n) is 9.80. The molecule has 2 saturated heterocycles. The predicted octanol–water partition coefficient (Wildman–Crippen LogP) is 3.89. The van der Waals surface area contributed by atoms with Crippen LogP contribution in [0.25, 0.3) is 0 Å². The zero-order valence-corrected chi connectivity index (χ0v) is 27.2. The Labute approximate surface area is 257 Å². The van der Waals surface area contributed by atoms with Gasteiger partial charge in [0.15, 0.2) is 0 Å². The summed E-state index contributed by atoms with van der Waals surface area (Å²) in [4.78, 5) is 45.5. The third kappa shape index (κ3) is 8.56. The lowest BCUT2D eigenvalue weighted by Gasteiger charge is -2.48. The topological polar surface area (TPSA) is 93.8 Å². The van der Waals surface area contributed by atoms with Crippen molar-refractivity contribution in [1.82, 2.24) is 25.8 Å². The minimum Gasteiger partial charge on any atom is -0.351 e. The van der Waals surface area contributed by atoms with Crippen LogP contribution in [-0.2, 0) is 20.8 Å². The quantitative estimate of drug-likeness (QED) is 0.422. The van der Waals surface area contributed by atoms with Gasteiger partial charge in [0.25, 0.3) is 0 Å². The molecule has 0 spiro atoms. The summed E-state index contributed by atoms with van der Waals surface area (Å²) in [6.07, 6.45) is 7.12. The number of halogens is 1. The van der Waals surface area contributed by atoms with Gasteiger partial charge in [-0.15, -0.1) is 0 Å². The number of amides is 3. The fourth-order valence-electron chi connectivity index (χ4n) is 7.26. The van der Waals surface area contributed by atoms with E-state index >= 15 is 0 Å². The maximum Gasteiger partial charge on any atom is 0.245 e. The van der Waals surface area contributed by atoms with Gasteiger partial charge < -0.3 is 25.8 Å². The Bertz CT molecular complexity index is 1100. The molecule has 3 N–H and O–H groups in total. The fourth-order valence-corrected chi connectivity index (χ4v) is 7.26. The first-order valence-electron chi connectivity index (χ1n) is 16.4. The summed E-state index contributed by atoms with van der Waals surface area (Å²) in [6.45, 7) is 12.7. The molecule has 3 aliphatic rings. The number of benzene rings is 1. The Kier molecular flexibility index (Phi) is 10.9. The molecule has 0 radical (unpaired) electrons. The predicted molar refractivity (Wildman–Crippen MR) is 168 cm³/mol. The second kappa shape index (κ2) is 14.1. The second-order valence-electron chi connectivity index (χ2n) is 14.7. The first kappa shape index (κ1) is 33.4. The number of nitrogens with zero attached hydrogens (tertiary/aromatic N) is 2.